The highest BCUT2D eigenvalue weighted by molar-refractivity contribution is 5.96. The number of hydrogen-bond donors (Lipinski definition) is 1. The van der Waals surface area contributed by atoms with Crippen molar-refractivity contribution >= 4 is 11.8 Å². The molecular formula is C21H32N4O2. The van der Waals surface area contributed by atoms with E-state index in [4.69, 9.17) is 0 Å². The summed E-state index contributed by atoms with van der Waals surface area (Å²) in [5.74, 6) is 0.0106. The van der Waals surface area contributed by atoms with Crippen LogP contribution in [0.2, 0.25) is 0 Å². The second-order valence-electron chi connectivity index (χ2n) is 7.48. The summed E-state index contributed by atoms with van der Waals surface area (Å²) in [5, 5.41) is 3.26. The van der Waals surface area contributed by atoms with Crippen LogP contribution in [-0.2, 0) is 4.79 Å². The number of rotatable bonds is 7. The monoisotopic (exact) mass is 372 g/mol. The summed E-state index contributed by atoms with van der Waals surface area (Å²) >= 11 is 0. The largest absolute Gasteiger partial charge is 0.339 e. The molecule has 27 heavy (non-hydrogen) atoms. The first-order valence-electron chi connectivity index (χ1n) is 10.3. The molecule has 1 aromatic carbocycles. The first-order chi connectivity index (χ1) is 13.2. The van der Waals surface area contributed by atoms with Gasteiger partial charge in [-0.2, -0.15) is 0 Å². The van der Waals surface area contributed by atoms with Gasteiger partial charge in [-0.3, -0.25) is 9.59 Å². The van der Waals surface area contributed by atoms with Crippen LogP contribution in [0, 0.1) is 0 Å². The lowest BCUT2D eigenvalue weighted by atomic mass is 10.1. The van der Waals surface area contributed by atoms with E-state index < -0.39 is 0 Å². The summed E-state index contributed by atoms with van der Waals surface area (Å²) in [7, 11) is 0. The molecule has 3 rings (SSSR count). The van der Waals surface area contributed by atoms with Gasteiger partial charge < -0.3 is 20.0 Å². The Kier molecular flexibility index (Phi) is 7.66. The van der Waals surface area contributed by atoms with E-state index >= 15 is 0 Å². The maximum atomic E-state index is 13.0. The van der Waals surface area contributed by atoms with Crippen molar-refractivity contribution in [1.29, 1.82) is 0 Å². The van der Waals surface area contributed by atoms with E-state index in [1.165, 1.54) is 19.3 Å². The summed E-state index contributed by atoms with van der Waals surface area (Å²) in [6.07, 6.45) is 4.78. The van der Waals surface area contributed by atoms with Gasteiger partial charge in [-0.1, -0.05) is 24.6 Å². The van der Waals surface area contributed by atoms with Gasteiger partial charge in [0.1, 0.15) is 6.54 Å². The number of nitrogens with one attached hydrogen (secondary N) is 1. The van der Waals surface area contributed by atoms with Gasteiger partial charge in [-0.25, -0.2) is 0 Å². The highest BCUT2D eigenvalue weighted by atomic mass is 16.2. The molecular weight excluding hydrogens is 340 g/mol. The van der Waals surface area contributed by atoms with Gasteiger partial charge in [0.25, 0.3) is 5.91 Å². The fraction of sp³-hybridized carbons (Fsp3) is 0.619. The van der Waals surface area contributed by atoms with Crippen LogP contribution in [0.4, 0.5) is 0 Å². The zero-order valence-corrected chi connectivity index (χ0v) is 16.2. The van der Waals surface area contributed by atoms with Gasteiger partial charge in [0.2, 0.25) is 5.91 Å². The molecule has 6 heteroatoms. The van der Waals surface area contributed by atoms with Gasteiger partial charge in [0, 0.05) is 38.3 Å². The summed E-state index contributed by atoms with van der Waals surface area (Å²) in [6, 6.07) is 9.31. The Balaban J connectivity index is 1.58. The van der Waals surface area contributed by atoms with Crippen LogP contribution < -0.4 is 5.32 Å². The molecule has 0 spiro atoms. The fourth-order valence-corrected chi connectivity index (χ4v) is 3.86. The van der Waals surface area contributed by atoms with E-state index in [0.29, 0.717) is 12.1 Å². The molecule has 0 atom stereocenters. The maximum Gasteiger partial charge on any atom is 0.254 e. The molecule has 0 bridgehead atoms. The Bertz CT molecular complexity index is 595. The van der Waals surface area contributed by atoms with E-state index in [1.54, 1.807) is 4.90 Å². The number of piperazine rings is 1. The Hall–Kier alpha value is -1.92. The molecule has 0 aliphatic carbocycles. The molecule has 0 saturated carbocycles. The fourth-order valence-electron chi connectivity index (χ4n) is 3.86. The lowest BCUT2D eigenvalue weighted by Crippen LogP contribution is -2.50. The topological polar surface area (TPSA) is 55.9 Å². The minimum atomic E-state index is -0.0438. The summed E-state index contributed by atoms with van der Waals surface area (Å²) in [5.41, 5.74) is 0.656. The lowest BCUT2D eigenvalue weighted by Gasteiger charge is -2.31. The molecule has 2 saturated heterocycles. The van der Waals surface area contributed by atoms with Crippen LogP contribution in [0.25, 0.3) is 0 Å². The smallest absolute Gasteiger partial charge is 0.254 e. The summed E-state index contributed by atoms with van der Waals surface area (Å²) < 4.78 is 0. The van der Waals surface area contributed by atoms with Crippen LogP contribution in [0.5, 0.6) is 0 Å². The molecule has 2 amide bonds. The average Bonchev–Trinajstić information content (AvgIpc) is 2.74. The van der Waals surface area contributed by atoms with Crippen molar-refractivity contribution in [3.8, 4) is 0 Å². The molecule has 2 fully saturated rings. The minimum Gasteiger partial charge on any atom is -0.339 e. The molecule has 2 heterocycles. The first kappa shape index (κ1) is 19.8. The van der Waals surface area contributed by atoms with Crippen molar-refractivity contribution < 1.29 is 9.59 Å². The van der Waals surface area contributed by atoms with Crippen molar-refractivity contribution in [3.63, 3.8) is 0 Å². The van der Waals surface area contributed by atoms with E-state index in [-0.39, 0.29) is 18.4 Å². The third-order valence-corrected chi connectivity index (χ3v) is 5.45. The predicted molar refractivity (Wildman–Crippen MR) is 107 cm³/mol. The molecule has 6 nitrogen and oxygen atoms in total. The molecule has 0 unspecified atom stereocenters. The van der Waals surface area contributed by atoms with E-state index in [2.05, 4.69) is 10.2 Å². The predicted octanol–water partition coefficient (Wildman–Crippen LogP) is 1.44. The Morgan fingerprint density at radius 3 is 2.37 bits per heavy atom. The molecule has 1 N–H and O–H groups in total. The molecule has 2 aliphatic rings. The van der Waals surface area contributed by atoms with Crippen LogP contribution in [0.3, 0.4) is 0 Å². The third-order valence-electron chi connectivity index (χ3n) is 5.45. The second-order valence-corrected chi connectivity index (χ2v) is 7.48. The van der Waals surface area contributed by atoms with E-state index in [1.807, 2.05) is 35.2 Å². The zero-order valence-electron chi connectivity index (χ0n) is 16.2. The number of likely N-dealkylation sites (tertiary alicyclic amines) is 1. The summed E-state index contributed by atoms with van der Waals surface area (Å²) in [4.78, 5) is 31.8. The zero-order chi connectivity index (χ0) is 18.9. The van der Waals surface area contributed by atoms with Crippen molar-refractivity contribution in [2.24, 2.45) is 0 Å². The van der Waals surface area contributed by atoms with Crippen molar-refractivity contribution in [3.05, 3.63) is 35.9 Å². The van der Waals surface area contributed by atoms with Crippen LogP contribution in [0.1, 0.15) is 36.0 Å². The molecule has 1 aromatic rings. The number of hydrogen-bond acceptors (Lipinski definition) is 4. The number of amides is 2. The summed E-state index contributed by atoms with van der Waals surface area (Å²) in [6.45, 7) is 7.22. The SMILES string of the molecule is O=C(CN(CCCN1CCCCC1)C(=O)c1ccccc1)N1CCNCC1. The number of nitrogens with zero attached hydrogens (tertiary/aromatic N) is 3. The maximum absolute atomic E-state index is 13.0. The van der Waals surface area contributed by atoms with Crippen molar-refractivity contribution in [2.75, 3.05) is 58.9 Å². The average molecular weight is 373 g/mol. The first-order valence-corrected chi connectivity index (χ1v) is 10.3. The Labute approximate surface area is 162 Å². The molecule has 148 valence electrons. The van der Waals surface area contributed by atoms with Gasteiger partial charge in [0.15, 0.2) is 0 Å². The normalized spacial score (nSPS) is 18.3. The number of carbonyl (C=O) groups is 2. The number of benzene rings is 1. The quantitative estimate of drug-likeness (QED) is 0.787. The standard InChI is InChI=1S/C21H32N4O2/c26-20(24-16-10-22-11-17-24)18-25(21(27)19-8-3-1-4-9-19)15-7-14-23-12-5-2-6-13-23/h1,3-4,8-9,22H,2,5-7,10-18H2. The number of piperidine rings is 1. The van der Waals surface area contributed by atoms with Crippen LogP contribution >= 0.6 is 0 Å². The highest BCUT2D eigenvalue weighted by Gasteiger charge is 2.23. The Morgan fingerprint density at radius 2 is 1.67 bits per heavy atom. The Morgan fingerprint density at radius 1 is 0.963 bits per heavy atom. The minimum absolute atomic E-state index is 0.0438. The highest BCUT2D eigenvalue weighted by Crippen LogP contribution is 2.11. The van der Waals surface area contributed by atoms with Gasteiger partial charge in [-0.15, -0.1) is 0 Å². The molecule has 2 aliphatic heterocycles. The molecule has 0 aromatic heterocycles. The van der Waals surface area contributed by atoms with Crippen molar-refractivity contribution in [2.45, 2.75) is 25.7 Å². The van der Waals surface area contributed by atoms with Gasteiger partial charge in [-0.05, 0) is 51.0 Å². The van der Waals surface area contributed by atoms with Crippen molar-refractivity contribution in [1.82, 2.24) is 20.0 Å². The second kappa shape index (κ2) is 10.4. The van der Waals surface area contributed by atoms with E-state index in [9.17, 15) is 9.59 Å². The van der Waals surface area contributed by atoms with Gasteiger partial charge in [0.05, 0.1) is 0 Å². The lowest BCUT2D eigenvalue weighted by molar-refractivity contribution is -0.132. The van der Waals surface area contributed by atoms with Crippen LogP contribution in [0.15, 0.2) is 30.3 Å². The van der Waals surface area contributed by atoms with Crippen LogP contribution in [-0.4, -0.2) is 85.4 Å². The number of carbonyl (C=O) groups excluding carboxylic acids is 2. The van der Waals surface area contributed by atoms with Gasteiger partial charge >= 0.3 is 0 Å². The molecule has 0 radical (unpaired) electrons. The van der Waals surface area contributed by atoms with E-state index in [0.717, 1.165) is 52.2 Å². The third kappa shape index (κ3) is 6.04.